The molecule has 0 aromatic heterocycles. The molecule has 0 heterocycles. The van der Waals surface area contributed by atoms with E-state index in [9.17, 15) is 13.4 Å². The molecule has 0 aliphatic carbocycles. The van der Waals surface area contributed by atoms with Crippen molar-refractivity contribution >= 4 is 22.6 Å². The summed E-state index contributed by atoms with van der Waals surface area (Å²) in [5.41, 5.74) is 5.62. The molecular weight excluding hydrogens is 583 g/mol. The Kier molecular flexibility index (Phi) is 37.4. The van der Waals surface area contributed by atoms with E-state index < -0.39 is 11.0 Å². The van der Waals surface area contributed by atoms with E-state index in [0.717, 1.165) is 42.7 Å². The molecule has 0 amide bonds. The Labute approximate surface area is 281 Å². The maximum absolute atomic E-state index is 14.4. The lowest BCUT2D eigenvalue weighted by Gasteiger charge is -2.24. The minimum atomic E-state index is -1.10. The average Bonchev–Trinajstić information content (AvgIpc) is 3.03. The van der Waals surface area contributed by atoms with E-state index in [0.29, 0.717) is 30.8 Å². The number of ether oxygens (including phenoxy) is 1. The predicted molar refractivity (Wildman–Crippen MR) is 201 cm³/mol. The molecule has 1 rings (SSSR count). The second-order valence-corrected chi connectivity index (χ2v) is 10.7. The van der Waals surface area contributed by atoms with E-state index >= 15 is 0 Å². The van der Waals surface area contributed by atoms with E-state index in [1.54, 1.807) is 19.2 Å². The van der Waals surface area contributed by atoms with E-state index in [1.165, 1.54) is 18.1 Å². The third-order valence-electron chi connectivity index (χ3n) is 5.76. The SMILES string of the molecule is C=C(/C=C\C)CCC.CC.CC.CC.CCCN(C(/C=C(\CC)CNc1ccc(CCC(=O)OCC)c(F)c1)=C(C)C)S(C)=O. The van der Waals surface area contributed by atoms with E-state index in [-0.39, 0.29) is 18.2 Å². The minimum Gasteiger partial charge on any atom is -0.466 e. The van der Waals surface area contributed by atoms with Gasteiger partial charge in [-0.2, -0.15) is 0 Å². The second kappa shape index (κ2) is 34.2. The van der Waals surface area contributed by atoms with Gasteiger partial charge in [0.2, 0.25) is 0 Å². The zero-order chi connectivity index (χ0) is 35.8. The number of carbonyl (C=O) groups excluding carboxylic acids is 1. The monoisotopic (exact) mass is 653 g/mol. The van der Waals surface area contributed by atoms with Gasteiger partial charge in [0.25, 0.3) is 0 Å². The van der Waals surface area contributed by atoms with Gasteiger partial charge in [0.05, 0.1) is 6.61 Å². The van der Waals surface area contributed by atoms with Crippen LogP contribution in [0.25, 0.3) is 0 Å². The normalized spacial score (nSPS) is 10.7. The molecule has 0 bridgehead atoms. The van der Waals surface area contributed by atoms with Crippen LogP contribution in [-0.2, 0) is 26.9 Å². The lowest BCUT2D eigenvalue weighted by molar-refractivity contribution is -0.143. The molecule has 0 saturated heterocycles. The number of anilines is 1. The molecule has 262 valence electrons. The molecule has 1 aromatic rings. The lowest BCUT2D eigenvalue weighted by atomic mass is 10.1. The molecule has 7 heteroatoms. The number of nitrogens with one attached hydrogen (secondary N) is 1. The van der Waals surface area contributed by atoms with Crippen molar-refractivity contribution in [3.63, 3.8) is 0 Å². The summed E-state index contributed by atoms with van der Waals surface area (Å²) in [6, 6.07) is 4.99. The van der Waals surface area contributed by atoms with Crippen molar-refractivity contribution in [2.24, 2.45) is 0 Å². The maximum atomic E-state index is 14.4. The Morgan fingerprint density at radius 3 is 2.04 bits per heavy atom. The third-order valence-corrected chi connectivity index (χ3v) is 6.76. The summed E-state index contributed by atoms with van der Waals surface area (Å²) in [4.78, 5) is 11.5. The molecule has 0 radical (unpaired) electrons. The predicted octanol–water partition coefficient (Wildman–Crippen LogP) is 11.4. The Morgan fingerprint density at radius 2 is 1.62 bits per heavy atom. The van der Waals surface area contributed by atoms with Crippen LogP contribution in [0.1, 0.15) is 128 Å². The van der Waals surface area contributed by atoms with Gasteiger partial charge in [0.15, 0.2) is 0 Å². The molecule has 45 heavy (non-hydrogen) atoms. The van der Waals surface area contributed by atoms with Gasteiger partial charge in [-0.15, -0.1) is 0 Å². The largest absolute Gasteiger partial charge is 0.466 e. The number of nitrogens with zero attached hydrogens (tertiary/aromatic N) is 1. The molecule has 5 nitrogen and oxygen atoms in total. The van der Waals surface area contributed by atoms with Crippen molar-refractivity contribution in [1.82, 2.24) is 4.31 Å². The fourth-order valence-electron chi connectivity index (χ4n) is 3.71. The first-order chi connectivity index (χ1) is 21.5. The molecule has 0 saturated carbocycles. The van der Waals surface area contributed by atoms with Gasteiger partial charge in [-0.1, -0.05) is 105 Å². The highest BCUT2D eigenvalue weighted by atomic mass is 32.2. The van der Waals surface area contributed by atoms with Crippen LogP contribution >= 0.6 is 0 Å². The number of halogens is 1. The zero-order valence-electron chi connectivity index (χ0n) is 31.5. The molecule has 0 fully saturated rings. The van der Waals surface area contributed by atoms with Gasteiger partial charge >= 0.3 is 5.97 Å². The van der Waals surface area contributed by atoms with Crippen molar-refractivity contribution in [3.8, 4) is 0 Å². The van der Waals surface area contributed by atoms with Crippen molar-refractivity contribution < 1.29 is 18.1 Å². The summed E-state index contributed by atoms with van der Waals surface area (Å²) in [5, 5.41) is 3.28. The van der Waals surface area contributed by atoms with Gasteiger partial charge in [-0.3, -0.25) is 9.10 Å². The third kappa shape index (κ3) is 25.2. The first-order valence-electron chi connectivity index (χ1n) is 17.0. The standard InChI is InChI=1S/C24H37FN2O3S.C8H14.3C2H6/c1-7-14-27(31(6)29)23(18(4)5)15-19(8-2)17-26-21-12-10-20(22(25)16-21)11-13-24(28)30-9-3;1-4-6-8(3)7-5-2;3*1-2/h10,12,15-16,26H,7-9,11,13-14,17H2,1-6H3;4,6H,3,5,7H2,1-2H3;3*1-2H3/b19-15+;6-4-;;;. The number of hydrogen-bond donors (Lipinski definition) is 1. The highest BCUT2D eigenvalue weighted by Crippen LogP contribution is 2.20. The molecule has 0 aliphatic heterocycles. The molecule has 0 spiro atoms. The number of aryl methyl sites for hydroxylation is 1. The highest BCUT2D eigenvalue weighted by Gasteiger charge is 2.13. The fraction of sp³-hybridized carbons (Fsp3) is 0.605. The topological polar surface area (TPSA) is 58.6 Å². The number of esters is 1. The first-order valence-corrected chi connectivity index (χ1v) is 18.5. The molecule has 1 N–H and O–H groups in total. The summed E-state index contributed by atoms with van der Waals surface area (Å²) in [6.07, 6.45) is 12.4. The van der Waals surface area contributed by atoms with Crippen LogP contribution in [0, 0.1) is 5.82 Å². The van der Waals surface area contributed by atoms with Crippen molar-refractivity contribution in [1.29, 1.82) is 0 Å². The lowest BCUT2D eigenvalue weighted by Crippen LogP contribution is -2.26. The number of rotatable bonds is 16. The van der Waals surface area contributed by atoms with E-state index in [2.05, 4.69) is 44.8 Å². The van der Waals surface area contributed by atoms with Gasteiger partial charge in [0.1, 0.15) is 16.8 Å². The van der Waals surface area contributed by atoms with Crippen LogP contribution < -0.4 is 5.32 Å². The van der Waals surface area contributed by atoms with Gasteiger partial charge in [-0.05, 0) is 82.7 Å². The highest BCUT2D eigenvalue weighted by molar-refractivity contribution is 7.82. The smallest absolute Gasteiger partial charge is 0.306 e. The van der Waals surface area contributed by atoms with Crippen LogP contribution in [-0.4, -0.2) is 40.4 Å². The van der Waals surface area contributed by atoms with Gasteiger partial charge < -0.3 is 10.1 Å². The van der Waals surface area contributed by atoms with E-state index in [1.807, 2.05) is 78.8 Å². The van der Waals surface area contributed by atoms with Crippen LogP contribution in [0.5, 0.6) is 0 Å². The van der Waals surface area contributed by atoms with Crippen LogP contribution in [0.3, 0.4) is 0 Å². The number of benzene rings is 1. The maximum Gasteiger partial charge on any atom is 0.306 e. The summed E-state index contributed by atoms with van der Waals surface area (Å²) >= 11 is 0. The van der Waals surface area contributed by atoms with Crippen molar-refractivity contribution in [2.45, 2.75) is 129 Å². The van der Waals surface area contributed by atoms with Gasteiger partial charge in [-0.25, -0.2) is 8.60 Å². The van der Waals surface area contributed by atoms with Crippen LogP contribution in [0.4, 0.5) is 10.1 Å². The Bertz CT molecular complexity index is 1010. The summed E-state index contributed by atoms with van der Waals surface area (Å²) in [6.45, 7) is 31.6. The Balaban J connectivity index is -0.000000507. The average molecular weight is 653 g/mol. The molecule has 1 aromatic carbocycles. The van der Waals surface area contributed by atoms with Crippen LogP contribution in [0.15, 0.2) is 65.4 Å². The zero-order valence-corrected chi connectivity index (χ0v) is 32.3. The fourth-order valence-corrected chi connectivity index (χ4v) is 4.67. The van der Waals surface area contributed by atoms with Gasteiger partial charge in [0, 0.05) is 37.2 Å². The quantitative estimate of drug-likeness (QED) is 0.143. The molecular formula is C38H69FN2O3S. The first kappa shape index (κ1) is 49.2. The summed E-state index contributed by atoms with van der Waals surface area (Å²) in [7, 11) is -1.10. The minimum absolute atomic E-state index is 0.165. The molecule has 0 aliphatic rings. The van der Waals surface area contributed by atoms with E-state index in [4.69, 9.17) is 4.74 Å². The van der Waals surface area contributed by atoms with Crippen molar-refractivity contribution in [3.05, 3.63) is 76.8 Å². The summed E-state index contributed by atoms with van der Waals surface area (Å²) in [5.74, 6) is -0.654. The Hall–Kier alpha value is -2.67. The summed E-state index contributed by atoms with van der Waals surface area (Å²) < 4.78 is 33.5. The Morgan fingerprint density at radius 1 is 1.02 bits per heavy atom. The number of carbonyl (C=O) groups is 1. The second-order valence-electron chi connectivity index (χ2n) is 9.44. The molecule has 1 atom stereocenters. The van der Waals surface area contributed by atoms with Crippen molar-refractivity contribution in [2.75, 3.05) is 31.3 Å². The number of allylic oxidation sites excluding steroid dienone is 5. The molecule has 1 unspecified atom stereocenters. The van der Waals surface area contributed by atoms with Crippen LogP contribution in [0.2, 0.25) is 0 Å². The number of hydrogen-bond acceptors (Lipinski definition) is 4.